The first-order valence-electron chi connectivity index (χ1n) is 6.16. The number of amides is 2. The Hall–Kier alpha value is -2.12. The first-order chi connectivity index (χ1) is 9.04. The highest BCUT2D eigenvalue weighted by Crippen LogP contribution is 2.07. The van der Waals surface area contributed by atoms with Crippen molar-refractivity contribution in [2.45, 2.75) is 32.7 Å². The van der Waals surface area contributed by atoms with Crippen molar-refractivity contribution in [3.05, 3.63) is 12.2 Å². The van der Waals surface area contributed by atoms with Crippen molar-refractivity contribution < 1.29 is 14.7 Å². The monoisotopic (exact) mass is 269 g/mol. The number of carboxylic acids is 1. The Morgan fingerprint density at radius 3 is 2.79 bits per heavy atom. The Morgan fingerprint density at radius 2 is 2.26 bits per heavy atom. The van der Waals surface area contributed by atoms with Gasteiger partial charge in [-0.25, -0.2) is 14.6 Å². The van der Waals surface area contributed by atoms with Crippen LogP contribution in [0.5, 0.6) is 0 Å². The largest absolute Gasteiger partial charge is 0.480 e. The minimum absolute atomic E-state index is 0.127. The van der Waals surface area contributed by atoms with E-state index in [1.54, 1.807) is 6.92 Å². The number of nitrogens with zero attached hydrogens (tertiary/aromatic N) is 2. The van der Waals surface area contributed by atoms with Gasteiger partial charge in [-0.1, -0.05) is 20.3 Å². The lowest BCUT2D eigenvalue weighted by Gasteiger charge is -2.20. The van der Waals surface area contributed by atoms with Crippen molar-refractivity contribution in [1.82, 2.24) is 25.8 Å². The standard InChI is InChI=1S/C11H19N5O3/c1-3-7(2)9(10(17)18)15-11(19)12-5-4-8-13-6-14-16-8/h6-7,9H,3-5H2,1-2H3,(H,17,18)(H2,12,15,19)(H,13,14,16). The molecule has 0 aliphatic heterocycles. The molecule has 0 saturated carbocycles. The Bertz CT molecular complexity index is 406. The van der Waals surface area contributed by atoms with Gasteiger partial charge in [-0.2, -0.15) is 5.10 Å². The molecule has 2 amide bonds. The molecular formula is C11H19N5O3. The number of rotatable bonds is 7. The Morgan fingerprint density at radius 1 is 1.53 bits per heavy atom. The van der Waals surface area contributed by atoms with Crippen molar-refractivity contribution in [3.63, 3.8) is 0 Å². The van der Waals surface area contributed by atoms with E-state index in [0.29, 0.717) is 25.2 Å². The predicted molar refractivity (Wildman–Crippen MR) is 67.5 cm³/mol. The van der Waals surface area contributed by atoms with E-state index in [1.807, 2.05) is 6.92 Å². The normalized spacial score (nSPS) is 13.6. The van der Waals surface area contributed by atoms with Gasteiger partial charge < -0.3 is 15.7 Å². The maximum Gasteiger partial charge on any atom is 0.326 e. The lowest BCUT2D eigenvalue weighted by molar-refractivity contribution is -0.140. The molecular weight excluding hydrogens is 250 g/mol. The zero-order chi connectivity index (χ0) is 14.3. The third-order valence-electron chi connectivity index (χ3n) is 2.88. The second-order valence-corrected chi connectivity index (χ2v) is 4.28. The molecule has 0 aliphatic carbocycles. The molecule has 8 nitrogen and oxygen atoms in total. The fourth-order valence-electron chi connectivity index (χ4n) is 1.52. The van der Waals surface area contributed by atoms with Crippen LogP contribution in [0, 0.1) is 5.92 Å². The third-order valence-corrected chi connectivity index (χ3v) is 2.88. The first kappa shape index (κ1) is 14.9. The molecule has 0 spiro atoms. The van der Waals surface area contributed by atoms with E-state index in [1.165, 1.54) is 6.33 Å². The minimum atomic E-state index is -1.03. The molecule has 19 heavy (non-hydrogen) atoms. The molecule has 1 aromatic heterocycles. The van der Waals surface area contributed by atoms with E-state index in [-0.39, 0.29) is 5.92 Å². The molecule has 1 aromatic rings. The molecule has 0 radical (unpaired) electrons. The van der Waals surface area contributed by atoms with Gasteiger partial charge >= 0.3 is 12.0 Å². The fraction of sp³-hybridized carbons (Fsp3) is 0.636. The summed E-state index contributed by atoms with van der Waals surface area (Å²) in [5.74, 6) is -0.491. The number of aliphatic carboxylic acids is 1. The smallest absolute Gasteiger partial charge is 0.326 e. The van der Waals surface area contributed by atoms with Gasteiger partial charge in [-0.15, -0.1) is 0 Å². The van der Waals surface area contributed by atoms with E-state index in [0.717, 1.165) is 0 Å². The number of carbonyl (C=O) groups excluding carboxylic acids is 1. The number of hydrogen-bond acceptors (Lipinski definition) is 4. The SMILES string of the molecule is CCC(C)C(NC(=O)NCCc1ncn[nH]1)C(=O)O. The van der Waals surface area contributed by atoms with Crippen molar-refractivity contribution in [3.8, 4) is 0 Å². The van der Waals surface area contributed by atoms with Crippen LogP contribution in [0.15, 0.2) is 6.33 Å². The summed E-state index contributed by atoms with van der Waals surface area (Å²) in [4.78, 5) is 26.5. The van der Waals surface area contributed by atoms with E-state index in [4.69, 9.17) is 5.11 Å². The predicted octanol–water partition coefficient (Wildman–Crippen LogP) is 0.146. The Kier molecular flexibility index (Phi) is 5.77. The average Bonchev–Trinajstić information content (AvgIpc) is 2.87. The molecule has 2 atom stereocenters. The van der Waals surface area contributed by atoms with Crippen LogP contribution < -0.4 is 10.6 Å². The van der Waals surface area contributed by atoms with Crippen molar-refractivity contribution in [1.29, 1.82) is 0 Å². The van der Waals surface area contributed by atoms with Crippen molar-refractivity contribution in [2.75, 3.05) is 6.54 Å². The van der Waals surface area contributed by atoms with Gasteiger partial charge in [0.15, 0.2) is 0 Å². The number of aromatic amines is 1. The van der Waals surface area contributed by atoms with Crippen LogP contribution in [-0.4, -0.2) is 44.9 Å². The van der Waals surface area contributed by atoms with Crippen LogP contribution in [0.25, 0.3) is 0 Å². The van der Waals surface area contributed by atoms with Gasteiger partial charge in [-0.05, 0) is 5.92 Å². The molecule has 1 rings (SSSR count). The maximum atomic E-state index is 11.6. The highest BCUT2D eigenvalue weighted by molar-refractivity contribution is 5.82. The summed E-state index contributed by atoms with van der Waals surface area (Å²) in [5, 5.41) is 20.4. The van der Waals surface area contributed by atoms with Crippen LogP contribution in [0.2, 0.25) is 0 Å². The number of H-pyrrole nitrogens is 1. The van der Waals surface area contributed by atoms with E-state index >= 15 is 0 Å². The molecule has 4 N–H and O–H groups in total. The average molecular weight is 269 g/mol. The molecule has 0 saturated heterocycles. The number of carbonyl (C=O) groups is 2. The molecule has 8 heteroatoms. The van der Waals surface area contributed by atoms with Gasteiger partial charge in [0.25, 0.3) is 0 Å². The highest BCUT2D eigenvalue weighted by atomic mass is 16.4. The number of nitrogens with one attached hydrogen (secondary N) is 3. The Labute approximate surface area is 111 Å². The third kappa shape index (κ3) is 4.94. The second kappa shape index (κ2) is 7.34. The van der Waals surface area contributed by atoms with Crippen LogP contribution in [0.3, 0.4) is 0 Å². The van der Waals surface area contributed by atoms with Gasteiger partial charge in [-0.3, -0.25) is 5.10 Å². The zero-order valence-electron chi connectivity index (χ0n) is 11.0. The van der Waals surface area contributed by atoms with Crippen LogP contribution in [0.4, 0.5) is 4.79 Å². The number of urea groups is 1. The van der Waals surface area contributed by atoms with Crippen LogP contribution in [0.1, 0.15) is 26.1 Å². The summed E-state index contributed by atoms with van der Waals surface area (Å²) in [7, 11) is 0. The summed E-state index contributed by atoms with van der Waals surface area (Å²) < 4.78 is 0. The van der Waals surface area contributed by atoms with Crippen molar-refractivity contribution in [2.24, 2.45) is 5.92 Å². The summed E-state index contributed by atoms with van der Waals surface area (Å²) in [5.41, 5.74) is 0. The molecule has 106 valence electrons. The molecule has 0 aliphatic rings. The molecule has 2 unspecified atom stereocenters. The van der Waals surface area contributed by atoms with Gasteiger partial charge in [0.05, 0.1) is 0 Å². The molecule has 0 fully saturated rings. The van der Waals surface area contributed by atoms with Gasteiger partial charge in [0.2, 0.25) is 0 Å². The van der Waals surface area contributed by atoms with Crippen molar-refractivity contribution >= 4 is 12.0 Å². The summed E-state index contributed by atoms with van der Waals surface area (Å²) in [6.45, 7) is 4.02. The van der Waals surface area contributed by atoms with Gasteiger partial charge in [0.1, 0.15) is 18.2 Å². The second-order valence-electron chi connectivity index (χ2n) is 4.28. The minimum Gasteiger partial charge on any atom is -0.480 e. The topological polar surface area (TPSA) is 120 Å². The summed E-state index contributed by atoms with van der Waals surface area (Å²) >= 11 is 0. The van der Waals surface area contributed by atoms with Crippen LogP contribution in [-0.2, 0) is 11.2 Å². The first-order valence-corrected chi connectivity index (χ1v) is 6.16. The molecule has 1 heterocycles. The quantitative estimate of drug-likeness (QED) is 0.561. The highest BCUT2D eigenvalue weighted by Gasteiger charge is 2.24. The van der Waals surface area contributed by atoms with E-state index in [9.17, 15) is 9.59 Å². The lowest BCUT2D eigenvalue weighted by Crippen LogP contribution is -2.49. The lowest BCUT2D eigenvalue weighted by atomic mass is 9.99. The Balaban J connectivity index is 2.34. The number of aromatic nitrogens is 3. The number of carboxylic acid groups (broad SMARTS) is 1. The summed E-state index contributed by atoms with van der Waals surface area (Å²) in [6.07, 6.45) is 2.57. The molecule has 0 bridgehead atoms. The van der Waals surface area contributed by atoms with Crippen LogP contribution >= 0.6 is 0 Å². The number of hydrogen-bond donors (Lipinski definition) is 4. The van der Waals surface area contributed by atoms with E-state index in [2.05, 4.69) is 25.8 Å². The maximum absolute atomic E-state index is 11.6. The fourth-order valence-corrected chi connectivity index (χ4v) is 1.52. The zero-order valence-corrected chi connectivity index (χ0v) is 11.0. The van der Waals surface area contributed by atoms with E-state index < -0.39 is 18.0 Å². The molecule has 0 aromatic carbocycles. The van der Waals surface area contributed by atoms with Gasteiger partial charge in [0, 0.05) is 13.0 Å². The summed E-state index contributed by atoms with van der Waals surface area (Å²) in [6, 6.07) is -1.37.